The van der Waals surface area contributed by atoms with Crippen molar-refractivity contribution in [1.82, 2.24) is 9.13 Å². The molecule has 2 aromatic heterocycles. The Bertz CT molecular complexity index is 1550. The van der Waals surface area contributed by atoms with Crippen molar-refractivity contribution < 1.29 is 17.9 Å². The number of nitrogens with zero attached hydrogens (tertiary/aromatic N) is 2. The van der Waals surface area contributed by atoms with Crippen molar-refractivity contribution in [3.05, 3.63) is 104 Å². The first-order valence-corrected chi connectivity index (χ1v) is 13.1. The highest BCUT2D eigenvalue weighted by Crippen LogP contribution is 2.23. The van der Waals surface area contributed by atoms with Crippen LogP contribution in [0.3, 0.4) is 0 Å². The molecule has 0 amide bonds. The lowest BCUT2D eigenvalue weighted by molar-refractivity contribution is 0.0478. The van der Waals surface area contributed by atoms with Gasteiger partial charge >= 0.3 is 11.7 Å². The Labute approximate surface area is 199 Å². The van der Waals surface area contributed by atoms with Crippen molar-refractivity contribution in [3.63, 3.8) is 0 Å². The van der Waals surface area contributed by atoms with Gasteiger partial charge in [0.25, 0.3) is 5.56 Å². The van der Waals surface area contributed by atoms with Crippen LogP contribution in [-0.2, 0) is 40.5 Å². The van der Waals surface area contributed by atoms with Gasteiger partial charge in [-0.15, -0.1) is 11.3 Å². The maximum Gasteiger partial charge on any atom is 0.348 e. The van der Waals surface area contributed by atoms with E-state index in [1.807, 2.05) is 30.3 Å². The number of carbonyl (C=O) groups is 1. The summed E-state index contributed by atoms with van der Waals surface area (Å²) in [4.78, 5) is 38.8. The molecule has 0 N–H and O–H groups in total. The van der Waals surface area contributed by atoms with Crippen molar-refractivity contribution in [2.45, 2.75) is 18.9 Å². The fourth-order valence-electron chi connectivity index (χ4n) is 3.51. The zero-order valence-electron chi connectivity index (χ0n) is 18.3. The van der Waals surface area contributed by atoms with Gasteiger partial charge < -0.3 is 4.74 Å². The van der Waals surface area contributed by atoms with Crippen LogP contribution in [-0.4, -0.2) is 29.3 Å². The molecule has 0 saturated heterocycles. The topological polar surface area (TPSA) is 104 Å². The first-order chi connectivity index (χ1) is 16.2. The minimum Gasteiger partial charge on any atom is -0.457 e. The van der Waals surface area contributed by atoms with Crippen molar-refractivity contribution in [1.29, 1.82) is 0 Å². The van der Waals surface area contributed by atoms with Crippen molar-refractivity contribution >= 4 is 37.4 Å². The molecule has 0 unspecified atom stereocenters. The summed E-state index contributed by atoms with van der Waals surface area (Å²) in [7, 11) is -2.07. The molecule has 34 heavy (non-hydrogen) atoms. The van der Waals surface area contributed by atoms with Gasteiger partial charge in [-0.05, 0) is 17.2 Å². The highest BCUT2D eigenvalue weighted by Gasteiger charge is 2.20. The van der Waals surface area contributed by atoms with Gasteiger partial charge in [0.15, 0.2) is 9.84 Å². The molecule has 0 atom stereocenters. The monoisotopic (exact) mass is 498 g/mol. The van der Waals surface area contributed by atoms with Gasteiger partial charge in [-0.2, -0.15) is 0 Å². The van der Waals surface area contributed by atoms with Crippen LogP contribution in [0.5, 0.6) is 0 Å². The predicted molar refractivity (Wildman–Crippen MR) is 131 cm³/mol. The lowest BCUT2D eigenvalue weighted by atomic mass is 10.2. The quantitative estimate of drug-likeness (QED) is 0.346. The third kappa shape index (κ3) is 5.18. The maximum atomic E-state index is 13.0. The minimum absolute atomic E-state index is 0.0797. The Morgan fingerprint density at radius 1 is 0.971 bits per heavy atom. The molecular formula is C24H22N2O6S2. The highest BCUT2D eigenvalue weighted by molar-refractivity contribution is 7.90. The Hall–Kier alpha value is -3.50. The van der Waals surface area contributed by atoms with Crippen LogP contribution in [0.1, 0.15) is 20.8 Å². The van der Waals surface area contributed by atoms with Gasteiger partial charge in [-0.3, -0.25) is 13.9 Å². The third-order valence-corrected chi connectivity index (χ3v) is 8.05. The number of rotatable bonds is 8. The second kappa shape index (κ2) is 9.78. The number of carbonyl (C=O) groups excluding carboxylic acids is 1. The largest absolute Gasteiger partial charge is 0.457 e. The Kier molecular flexibility index (Phi) is 6.80. The molecule has 0 bridgehead atoms. The summed E-state index contributed by atoms with van der Waals surface area (Å²) in [5.41, 5.74) is 0.183. The van der Waals surface area contributed by atoms with E-state index in [0.29, 0.717) is 10.4 Å². The molecule has 2 aromatic carbocycles. The number of fused-ring (bicyclic) bond motifs is 1. The molecule has 0 aliphatic carbocycles. The van der Waals surface area contributed by atoms with Gasteiger partial charge in [0.1, 0.15) is 16.3 Å². The summed E-state index contributed by atoms with van der Waals surface area (Å²) < 4.78 is 32.6. The number of esters is 1. The zero-order valence-corrected chi connectivity index (χ0v) is 20.0. The van der Waals surface area contributed by atoms with Crippen molar-refractivity contribution in [2.75, 3.05) is 5.75 Å². The number of sulfone groups is 1. The summed E-state index contributed by atoms with van der Waals surface area (Å²) in [6.45, 7) is -0.198. The predicted octanol–water partition coefficient (Wildman–Crippen LogP) is 2.73. The second-order valence-electron chi connectivity index (χ2n) is 7.77. The Morgan fingerprint density at radius 2 is 1.59 bits per heavy atom. The standard InChI is InChI=1S/C24H22N2O6S2/c1-25-22-19(14-20(33-22)23(28)32-15-17-8-4-2-5-9-17)21(27)26(24(25)29)12-13-34(30,31)16-18-10-6-3-7-11-18/h2-11,14H,12-13,15-16H2,1H3. The summed E-state index contributed by atoms with van der Waals surface area (Å²) in [6, 6.07) is 19.3. The van der Waals surface area contributed by atoms with Crippen LogP contribution in [0.2, 0.25) is 0 Å². The number of ether oxygens (including phenoxy) is 1. The number of hydrogen-bond donors (Lipinski definition) is 0. The van der Waals surface area contributed by atoms with Gasteiger partial charge in [0, 0.05) is 13.6 Å². The number of aryl methyl sites for hydroxylation is 1. The molecule has 4 rings (SSSR count). The number of thiophene rings is 1. The number of aromatic nitrogens is 2. The van der Waals surface area contributed by atoms with E-state index < -0.39 is 27.1 Å². The molecular weight excluding hydrogens is 476 g/mol. The molecule has 0 fully saturated rings. The number of benzene rings is 2. The minimum atomic E-state index is -3.55. The van der Waals surface area contributed by atoms with Crippen LogP contribution in [0.4, 0.5) is 0 Å². The molecule has 0 spiro atoms. The normalized spacial score (nSPS) is 11.6. The van der Waals surface area contributed by atoms with E-state index >= 15 is 0 Å². The molecule has 8 nitrogen and oxygen atoms in total. The van der Waals surface area contributed by atoms with E-state index in [1.165, 1.54) is 17.7 Å². The van der Waals surface area contributed by atoms with E-state index in [2.05, 4.69) is 0 Å². The maximum absolute atomic E-state index is 13.0. The average Bonchev–Trinajstić information content (AvgIpc) is 3.28. The van der Waals surface area contributed by atoms with Crippen LogP contribution >= 0.6 is 11.3 Å². The summed E-state index contributed by atoms with van der Waals surface area (Å²) in [5, 5.41) is 0.166. The molecule has 2 heterocycles. The second-order valence-corrected chi connectivity index (χ2v) is 11.0. The lowest BCUT2D eigenvalue weighted by Gasteiger charge is -2.09. The summed E-state index contributed by atoms with van der Waals surface area (Å²) in [5.74, 6) is -1.14. The van der Waals surface area contributed by atoms with E-state index in [1.54, 1.807) is 30.3 Å². The molecule has 10 heteroatoms. The van der Waals surface area contributed by atoms with Crippen LogP contribution in [0.25, 0.3) is 10.2 Å². The molecule has 0 aliphatic rings. The van der Waals surface area contributed by atoms with Gasteiger partial charge in [-0.25, -0.2) is 18.0 Å². The van der Waals surface area contributed by atoms with Crippen LogP contribution in [0.15, 0.2) is 76.3 Å². The van der Waals surface area contributed by atoms with Crippen LogP contribution in [0, 0.1) is 0 Å². The van der Waals surface area contributed by atoms with Crippen molar-refractivity contribution in [2.24, 2.45) is 7.05 Å². The van der Waals surface area contributed by atoms with Crippen LogP contribution < -0.4 is 11.2 Å². The lowest BCUT2D eigenvalue weighted by Crippen LogP contribution is -2.40. The third-order valence-electron chi connectivity index (χ3n) is 5.28. The van der Waals surface area contributed by atoms with E-state index in [0.717, 1.165) is 21.5 Å². The first-order valence-electron chi connectivity index (χ1n) is 10.4. The van der Waals surface area contributed by atoms with E-state index in [9.17, 15) is 22.8 Å². The molecule has 0 saturated carbocycles. The van der Waals surface area contributed by atoms with E-state index in [-0.39, 0.29) is 34.9 Å². The highest BCUT2D eigenvalue weighted by atomic mass is 32.2. The average molecular weight is 499 g/mol. The summed E-state index contributed by atoms with van der Waals surface area (Å²) in [6.07, 6.45) is 0. The SMILES string of the molecule is Cn1c(=O)n(CCS(=O)(=O)Cc2ccccc2)c(=O)c2cc(C(=O)OCc3ccccc3)sc21. The molecule has 4 aromatic rings. The van der Waals surface area contributed by atoms with E-state index in [4.69, 9.17) is 4.74 Å². The fourth-order valence-corrected chi connectivity index (χ4v) is 5.81. The molecule has 176 valence electrons. The zero-order chi connectivity index (χ0) is 24.3. The molecule has 0 radical (unpaired) electrons. The molecule has 0 aliphatic heterocycles. The van der Waals surface area contributed by atoms with Gasteiger partial charge in [0.2, 0.25) is 0 Å². The Balaban J connectivity index is 1.56. The first kappa shape index (κ1) is 23.7. The fraction of sp³-hybridized carbons (Fsp3) is 0.208. The van der Waals surface area contributed by atoms with Gasteiger partial charge in [-0.1, -0.05) is 60.7 Å². The number of hydrogen-bond acceptors (Lipinski definition) is 7. The summed E-state index contributed by atoms with van der Waals surface area (Å²) >= 11 is 0.986. The Morgan fingerprint density at radius 3 is 2.24 bits per heavy atom. The van der Waals surface area contributed by atoms with Crippen molar-refractivity contribution in [3.8, 4) is 0 Å². The smallest absolute Gasteiger partial charge is 0.348 e. The van der Waals surface area contributed by atoms with Gasteiger partial charge in [0.05, 0.1) is 16.9 Å².